The Balaban J connectivity index is 2.01. The molecule has 1 aliphatic heterocycles. The molecule has 1 aliphatic rings. The van der Waals surface area contributed by atoms with Crippen LogP contribution in [0.15, 0.2) is 29.3 Å². The van der Waals surface area contributed by atoms with Crippen LogP contribution in [0.3, 0.4) is 0 Å². The van der Waals surface area contributed by atoms with E-state index >= 15 is 0 Å². The zero-order valence-corrected chi connectivity index (χ0v) is 14.6. The predicted molar refractivity (Wildman–Crippen MR) is 92.4 cm³/mol. The third-order valence-corrected chi connectivity index (χ3v) is 6.55. The Morgan fingerprint density at radius 2 is 2.00 bits per heavy atom. The van der Waals surface area contributed by atoms with Gasteiger partial charge in [-0.25, -0.2) is 8.42 Å². The second-order valence-corrected chi connectivity index (χ2v) is 9.30. The lowest BCUT2D eigenvalue weighted by atomic mass is 10.2. The number of anilines is 1. The summed E-state index contributed by atoms with van der Waals surface area (Å²) in [5, 5.41) is 3.18. The van der Waals surface area contributed by atoms with Gasteiger partial charge in [0.2, 0.25) is 0 Å². The van der Waals surface area contributed by atoms with Crippen LogP contribution in [0.25, 0.3) is 0 Å². The molecular weight excluding hydrogens is 298 g/mol. The maximum absolute atomic E-state index is 12.1. The molecule has 5 nitrogen and oxygen atoms in total. The standard InChI is InChI=1S/C16H25N3O2S/c1-16(2,3)22(20,21)12-10-18-15(17-4)19-11-9-13-7-5-6-8-14(13)19/h5-8H,9-12H2,1-4H3,(H,17,18). The average Bonchev–Trinajstić information content (AvgIpc) is 2.86. The minimum atomic E-state index is -3.12. The van der Waals surface area contributed by atoms with Crippen LogP contribution in [0.5, 0.6) is 0 Å². The van der Waals surface area contributed by atoms with Crippen LogP contribution in [-0.4, -0.2) is 45.0 Å². The summed E-state index contributed by atoms with van der Waals surface area (Å²) in [6.45, 7) is 6.42. The third kappa shape index (κ3) is 3.43. The first kappa shape index (κ1) is 16.8. The number of para-hydroxylation sites is 1. The summed E-state index contributed by atoms with van der Waals surface area (Å²) in [7, 11) is -1.40. The topological polar surface area (TPSA) is 61.8 Å². The Kier molecular flexibility index (Phi) is 4.80. The molecule has 1 aromatic rings. The van der Waals surface area contributed by atoms with Crippen molar-refractivity contribution in [1.29, 1.82) is 0 Å². The van der Waals surface area contributed by atoms with E-state index in [1.165, 1.54) is 5.56 Å². The third-order valence-electron chi connectivity index (χ3n) is 3.94. The zero-order chi connectivity index (χ0) is 16.4. The molecule has 0 amide bonds. The largest absolute Gasteiger partial charge is 0.355 e. The fourth-order valence-electron chi connectivity index (χ4n) is 2.46. The van der Waals surface area contributed by atoms with Crippen LogP contribution in [0.1, 0.15) is 26.3 Å². The smallest absolute Gasteiger partial charge is 0.198 e. The van der Waals surface area contributed by atoms with Crippen LogP contribution in [0.4, 0.5) is 5.69 Å². The van der Waals surface area contributed by atoms with Gasteiger partial charge in [0.1, 0.15) is 0 Å². The molecule has 1 N–H and O–H groups in total. The minimum absolute atomic E-state index is 0.102. The van der Waals surface area contributed by atoms with E-state index in [1.54, 1.807) is 27.8 Å². The molecule has 0 fully saturated rings. The van der Waals surface area contributed by atoms with E-state index in [-0.39, 0.29) is 5.75 Å². The molecular formula is C16H25N3O2S. The van der Waals surface area contributed by atoms with Crippen molar-refractivity contribution >= 4 is 21.5 Å². The van der Waals surface area contributed by atoms with E-state index in [0.29, 0.717) is 6.54 Å². The van der Waals surface area contributed by atoms with Gasteiger partial charge in [0.25, 0.3) is 0 Å². The highest BCUT2D eigenvalue weighted by atomic mass is 32.2. The number of rotatable bonds is 3. The summed E-state index contributed by atoms with van der Waals surface area (Å²) < 4.78 is 23.6. The van der Waals surface area contributed by atoms with E-state index in [2.05, 4.69) is 27.3 Å². The predicted octanol–water partition coefficient (Wildman–Crippen LogP) is 1.84. The van der Waals surface area contributed by atoms with Gasteiger partial charge in [-0.05, 0) is 38.8 Å². The number of fused-ring (bicyclic) bond motifs is 1. The minimum Gasteiger partial charge on any atom is -0.355 e. The quantitative estimate of drug-likeness (QED) is 0.681. The lowest BCUT2D eigenvalue weighted by Crippen LogP contribution is -2.43. The fourth-order valence-corrected chi connectivity index (χ4v) is 3.44. The molecule has 122 valence electrons. The van der Waals surface area contributed by atoms with Crippen LogP contribution in [-0.2, 0) is 16.3 Å². The van der Waals surface area contributed by atoms with Gasteiger partial charge < -0.3 is 10.2 Å². The maximum Gasteiger partial charge on any atom is 0.198 e. The molecule has 0 spiro atoms. The van der Waals surface area contributed by atoms with Crippen LogP contribution >= 0.6 is 0 Å². The average molecular weight is 323 g/mol. The molecule has 0 bridgehead atoms. The number of benzene rings is 1. The molecule has 0 saturated heterocycles. The molecule has 2 rings (SSSR count). The van der Waals surface area contributed by atoms with Crippen molar-refractivity contribution < 1.29 is 8.42 Å². The van der Waals surface area contributed by atoms with E-state index in [1.807, 2.05) is 12.1 Å². The summed E-state index contributed by atoms with van der Waals surface area (Å²) >= 11 is 0. The molecule has 0 aliphatic carbocycles. The second-order valence-electron chi connectivity index (χ2n) is 6.44. The summed E-state index contributed by atoms with van der Waals surface area (Å²) in [5.74, 6) is 0.833. The summed E-state index contributed by atoms with van der Waals surface area (Å²) in [6, 6.07) is 8.23. The van der Waals surface area contributed by atoms with Crippen LogP contribution in [0, 0.1) is 0 Å². The number of hydrogen-bond donors (Lipinski definition) is 1. The number of sulfone groups is 1. The van der Waals surface area contributed by atoms with E-state index < -0.39 is 14.6 Å². The van der Waals surface area contributed by atoms with Gasteiger partial charge >= 0.3 is 0 Å². The molecule has 0 saturated carbocycles. The molecule has 0 radical (unpaired) electrons. The van der Waals surface area contributed by atoms with E-state index in [9.17, 15) is 8.42 Å². The molecule has 1 aromatic carbocycles. The second kappa shape index (κ2) is 6.28. The summed E-state index contributed by atoms with van der Waals surface area (Å²) in [4.78, 5) is 6.40. The van der Waals surface area contributed by atoms with Gasteiger partial charge in [-0.15, -0.1) is 0 Å². The number of nitrogens with zero attached hydrogens (tertiary/aromatic N) is 2. The molecule has 0 aromatic heterocycles. The normalized spacial score (nSPS) is 15.8. The first-order valence-electron chi connectivity index (χ1n) is 7.54. The maximum atomic E-state index is 12.1. The monoisotopic (exact) mass is 323 g/mol. The Morgan fingerprint density at radius 1 is 1.32 bits per heavy atom. The lowest BCUT2D eigenvalue weighted by Gasteiger charge is -2.23. The molecule has 1 heterocycles. The Labute approximate surface area is 133 Å². The molecule has 6 heteroatoms. The Hall–Kier alpha value is -1.56. The lowest BCUT2D eigenvalue weighted by molar-refractivity contribution is 0.559. The highest BCUT2D eigenvalue weighted by Gasteiger charge is 2.29. The van der Waals surface area contributed by atoms with E-state index in [0.717, 1.165) is 24.6 Å². The fraction of sp³-hybridized carbons (Fsp3) is 0.562. The van der Waals surface area contributed by atoms with Gasteiger partial charge in [-0.1, -0.05) is 18.2 Å². The number of aliphatic imine (C=N–C) groups is 1. The van der Waals surface area contributed by atoms with E-state index in [4.69, 9.17) is 0 Å². The van der Waals surface area contributed by atoms with Crippen molar-refractivity contribution in [2.24, 2.45) is 4.99 Å². The summed E-state index contributed by atoms with van der Waals surface area (Å²) in [5.41, 5.74) is 2.45. The van der Waals surface area contributed by atoms with Gasteiger partial charge in [0.05, 0.1) is 10.5 Å². The van der Waals surface area contributed by atoms with Gasteiger partial charge in [0.15, 0.2) is 15.8 Å². The molecule has 22 heavy (non-hydrogen) atoms. The van der Waals surface area contributed by atoms with Crippen molar-refractivity contribution in [2.75, 3.05) is 30.8 Å². The van der Waals surface area contributed by atoms with Gasteiger partial charge in [-0.2, -0.15) is 0 Å². The number of hydrogen-bond acceptors (Lipinski definition) is 3. The summed E-state index contributed by atoms with van der Waals surface area (Å²) in [6.07, 6.45) is 0.983. The van der Waals surface area contributed by atoms with Crippen molar-refractivity contribution in [2.45, 2.75) is 31.9 Å². The van der Waals surface area contributed by atoms with Crippen LogP contribution in [0.2, 0.25) is 0 Å². The van der Waals surface area contributed by atoms with Crippen molar-refractivity contribution in [1.82, 2.24) is 5.32 Å². The highest BCUT2D eigenvalue weighted by Crippen LogP contribution is 2.27. The number of guanidine groups is 1. The van der Waals surface area contributed by atoms with Gasteiger partial charge in [0, 0.05) is 25.8 Å². The molecule has 0 unspecified atom stereocenters. The van der Waals surface area contributed by atoms with Crippen molar-refractivity contribution in [3.63, 3.8) is 0 Å². The zero-order valence-electron chi connectivity index (χ0n) is 13.8. The van der Waals surface area contributed by atoms with Crippen molar-refractivity contribution in [3.8, 4) is 0 Å². The first-order chi connectivity index (χ1) is 10.3. The highest BCUT2D eigenvalue weighted by molar-refractivity contribution is 7.92. The Morgan fingerprint density at radius 3 is 2.64 bits per heavy atom. The first-order valence-corrected chi connectivity index (χ1v) is 9.20. The number of nitrogens with one attached hydrogen (secondary N) is 1. The van der Waals surface area contributed by atoms with Crippen LogP contribution < -0.4 is 10.2 Å². The molecule has 0 atom stereocenters. The van der Waals surface area contributed by atoms with Gasteiger partial charge in [-0.3, -0.25) is 4.99 Å². The Bertz CT molecular complexity index is 660. The SMILES string of the molecule is CN=C(NCCS(=O)(=O)C(C)(C)C)N1CCc2ccccc21. The van der Waals surface area contributed by atoms with Crippen molar-refractivity contribution in [3.05, 3.63) is 29.8 Å².